The van der Waals surface area contributed by atoms with Crippen molar-refractivity contribution in [1.29, 1.82) is 0 Å². The molecule has 0 unspecified atom stereocenters. The van der Waals surface area contributed by atoms with E-state index in [4.69, 9.17) is 4.74 Å². The van der Waals surface area contributed by atoms with Crippen molar-refractivity contribution in [3.8, 4) is 5.82 Å². The van der Waals surface area contributed by atoms with Crippen LogP contribution in [0.5, 0.6) is 0 Å². The van der Waals surface area contributed by atoms with Gasteiger partial charge in [-0.05, 0) is 30.2 Å². The average molecular weight is 365 g/mol. The lowest BCUT2D eigenvalue weighted by molar-refractivity contribution is 0.134. The Morgan fingerprint density at radius 3 is 2.56 bits per heavy atom. The summed E-state index contributed by atoms with van der Waals surface area (Å²) < 4.78 is 7.06. The molecular formula is C20H23N5O2. The van der Waals surface area contributed by atoms with Gasteiger partial charge in [0.2, 0.25) is 0 Å². The van der Waals surface area contributed by atoms with E-state index in [0.717, 1.165) is 16.7 Å². The normalized spacial score (nSPS) is 10.6. The summed E-state index contributed by atoms with van der Waals surface area (Å²) in [5.41, 5.74) is 3.04. The van der Waals surface area contributed by atoms with Gasteiger partial charge in [-0.25, -0.2) is 14.5 Å². The zero-order valence-corrected chi connectivity index (χ0v) is 15.3. The summed E-state index contributed by atoms with van der Waals surface area (Å²) in [6, 6.07) is 13.4. The smallest absolute Gasteiger partial charge is 0.315 e. The lowest BCUT2D eigenvalue weighted by Crippen LogP contribution is -2.34. The summed E-state index contributed by atoms with van der Waals surface area (Å²) in [5, 5.41) is 9.91. The summed E-state index contributed by atoms with van der Waals surface area (Å²) in [4.78, 5) is 16.5. The van der Waals surface area contributed by atoms with Crippen molar-refractivity contribution < 1.29 is 9.53 Å². The van der Waals surface area contributed by atoms with Gasteiger partial charge in [-0.3, -0.25) is 0 Å². The molecule has 7 nitrogen and oxygen atoms in total. The number of nitrogens with one attached hydrogen (secondary N) is 2. The topological polar surface area (TPSA) is 81.1 Å². The third-order valence-electron chi connectivity index (χ3n) is 3.98. The Bertz CT molecular complexity index is 847. The van der Waals surface area contributed by atoms with Crippen molar-refractivity contribution in [3.05, 3.63) is 77.7 Å². The second-order valence-electron chi connectivity index (χ2n) is 5.93. The highest BCUT2D eigenvalue weighted by atomic mass is 16.5. The van der Waals surface area contributed by atoms with Gasteiger partial charge in [0.05, 0.1) is 6.61 Å². The number of nitrogens with zero attached hydrogens (tertiary/aromatic N) is 3. The minimum atomic E-state index is -0.233. The number of hydrogen-bond acceptors (Lipinski definition) is 4. The van der Waals surface area contributed by atoms with Crippen LogP contribution in [0.15, 0.2) is 61.1 Å². The minimum Gasteiger partial charge on any atom is -0.377 e. The van der Waals surface area contributed by atoms with Gasteiger partial charge in [0.1, 0.15) is 0 Å². The summed E-state index contributed by atoms with van der Waals surface area (Å²) >= 11 is 0. The van der Waals surface area contributed by atoms with Crippen LogP contribution in [-0.2, 0) is 24.4 Å². The third-order valence-corrected chi connectivity index (χ3v) is 3.98. The number of urea groups is 1. The van der Waals surface area contributed by atoms with Crippen LogP contribution in [-0.4, -0.2) is 27.4 Å². The van der Waals surface area contributed by atoms with Crippen LogP contribution in [0.2, 0.25) is 0 Å². The molecule has 0 saturated heterocycles. The zero-order valence-electron chi connectivity index (χ0n) is 15.3. The number of amides is 2. The third kappa shape index (κ3) is 5.39. The first-order valence-electron chi connectivity index (χ1n) is 8.87. The molecule has 3 rings (SSSR count). The molecule has 0 atom stereocenters. The van der Waals surface area contributed by atoms with Crippen molar-refractivity contribution in [2.45, 2.75) is 26.6 Å². The number of rotatable bonds is 8. The van der Waals surface area contributed by atoms with E-state index >= 15 is 0 Å². The highest BCUT2D eigenvalue weighted by molar-refractivity contribution is 5.73. The largest absolute Gasteiger partial charge is 0.377 e. The molecule has 7 heteroatoms. The van der Waals surface area contributed by atoms with Crippen molar-refractivity contribution in [1.82, 2.24) is 25.4 Å². The maximum Gasteiger partial charge on any atom is 0.315 e. The maximum atomic E-state index is 12.1. The van der Waals surface area contributed by atoms with Crippen LogP contribution < -0.4 is 10.6 Å². The number of benzene rings is 1. The van der Waals surface area contributed by atoms with Crippen LogP contribution in [0.1, 0.15) is 23.6 Å². The molecule has 0 fully saturated rings. The predicted molar refractivity (Wildman–Crippen MR) is 102 cm³/mol. The second-order valence-corrected chi connectivity index (χ2v) is 5.93. The molecule has 2 N–H and O–H groups in total. The first-order valence-corrected chi connectivity index (χ1v) is 8.87. The van der Waals surface area contributed by atoms with E-state index in [1.807, 2.05) is 55.6 Å². The first-order chi connectivity index (χ1) is 13.3. The molecule has 1 aromatic carbocycles. The summed E-state index contributed by atoms with van der Waals surface area (Å²) in [6.07, 6.45) is 5.22. The van der Waals surface area contributed by atoms with Gasteiger partial charge in [-0.15, -0.1) is 0 Å². The summed E-state index contributed by atoms with van der Waals surface area (Å²) in [5.74, 6) is 0.702. The van der Waals surface area contributed by atoms with Crippen molar-refractivity contribution >= 4 is 6.03 Å². The molecule has 140 valence electrons. The monoisotopic (exact) mass is 365 g/mol. The highest BCUT2D eigenvalue weighted by Crippen LogP contribution is 2.10. The number of hydrogen-bond donors (Lipinski definition) is 2. The SMILES string of the molecule is CCOCc1ccc(CNC(=O)NCc2cccnc2-n2cccn2)cc1. The highest BCUT2D eigenvalue weighted by Gasteiger charge is 2.07. The molecule has 0 saturated carbocycles. The van der Waals surface area contributed by atoms with E-state index in [1.54, 1.807) is 17.1 Å². The standard InChI is InChI=1S/C20H23N5O2/c1-2-27-15-17-8-6-16(7-9-17)13-22-20(26)23-14-18-5-3-10-21-19(18)25-12-4-11-24-25/h3-12H,2,13-15H2,1H3,(H2,22,23,26). The predicted octanol–water partition coefficient (Wildman–Crippen LogP) is 2.80. The Morgan fingerprint density at radius 1 is 1.04 bits per heavy atom. The second kappa shape index (κ2) is 9.49. The fourth-order valence-corrected chi connectivity index (χ4v) is 2.56. The van der Waals surface area contributed by atoms with E-state index in [9.17, 15) is 4.79 Å². The average Bonchev–Trinajstić information content (AvgIpc) is 3.25. The summed E-state index contributed by atoms with van der Waals surface area (Å²) in [6.45, 7) is 4.10. The van der Waals surface area contributed by atoms with Gasteiger partial charge >= 0.3 is 6.03 Å². The molecule has 0 radical (unpaired) electrons. The lowest BCUT2D eigenvalue weighted by Gasteiger charge is -2.11. The minimum absolute atomic E-state index is 0.233. The summed E-state index contributed by atoms with van der Waals surface area (Å²) in [7, 11) is 0. The van der Waals surface area contributed by atoms with Gasteiger partial charge in [0.25, 0.3) is 0 Å². The molecule has 3 aromatic rings. The molecule has 0 aliphatic carbocycles. The molecule has 2 amide bonds. The van der Waals surface area contributed by atoms with E-state index in [2.05, 4.69) is 20.7 Å². The number of carbonyl (C=O) groups is 1. The Labute approximate surface area is 158 Å². The van der Waals surface area contributed by atoms with E-state index < -0.39 is 0 Å². The maximum absolute atomic E-state index is 12.1. The van der Waals surface area contributed by atoms with Crippen LogP contribution in [0.3, 0.4) is 0 Å². The molecule has 0 aliphatic rings. The fourth-order valence-electron chi connectivity index (χ4n) is 2.56. The molecule has 2 aromatic heterocycles. The Hall–Kier alpha value is -3.19. The quantitative estimate of drug-likeness (QED) is 0.643. The van der Waals surface area contributed by atoms with Gasteiger partial charge < -0.3 is 15.4 Å². The number of pyridine rings is 1. The van der Waals surface area contributed by atoms with Crippen molar-refractivity contribution in [2.75, 3.05) is 6.61 Å². The zero-order chi connectivity index (χ0) is 18.9. The molecular weight excluding hydrogens is 342 g/mol. The molecule has 0 spiro atoms. The molecule has 0 bridgehead atoms. The van der Waals surface area contributed by atoms with Gasteiger partial charge in [0.15, 0.2) is 5.82 Å². The number of aromatic nitrogens is 3. The lowest BCUT2D eigenvalue weighted by atomic mass is 10.1. The number of carbonyl (C=O) groups excluding carboxylic acids is 1. The first kappa shape index (κ1) is 18.6. The van der Waals surface area contributed by atoms with Crippen LogP contribution in [0.4, 0.5) is 4.79 Å². The van der Waals surface area contributed by atoms with Gasteiger partial charge in [0, 0.05) is 43.9 Å². The molecule has 27 heavy (non-hydrogen) atoms. The Morgan fingerprint density at radius 2 is 1.81 bits per heavy atom. The van der Waals surface area contributed by atoms with Crippen LogP contribution >= 0.6 is 0 Å². The Kier molecular flexibility index (Phi) is 6.54. The van der Waals surface area contributed by atoms with E-state index in [0.29, 0.717) is 32.1 Å². The molecule has 2 heterocycles. The van der Waals surface area contributed by atoms with Crippen molar-refractivity contribution in [2.24, 2.45) is 0 Å². The van der Waals surface area contributed by atoms with Crippen molar-refractivity contribution in [3.63, 3.8) is 0 Å². The molecule has 0 aliphatic heterocycles. The van der Waals surface area contributed by atoms with Gasteiger partial charge in [-0.1, -0.05) is 30.3 Å². The fraction of sp³-hybridized carbons (Fsp3) is 0.250. The van der Waals surface area contributed by atoms with Gasteiger partial charge in [-0.2, -0.15) is 5.10 Å². The van der Waals surface area contributed by atoms with E-state index in [-0.39, 0.29) is 6.03 Å². The van der Waals surface area contributed by atoms with Crippen LogP contribution in [0.25, 0.3) is 5.82 Å². The van der Waals surface area contributed by atoms with Crippen LogP contribution in [0, 0.1) is 0 Å². The Balaban J connectivity index is 1.49. The van der Waals surface area contributed by atoms with E-state index in [1.165, 1.54) is 0 Å². The number of ether oxygens (including phenoxy) is 1.